The van der Waals surface area contributed by atoms with E-state index < -0.39 is 22.6 Å². The van der Waals surface area contributed by atoms with Gasteiger partial charge in [-0.2, -0.15) is 13.2 Å². The molecule has 0 spiro atoms. The highest BCUT2D eigenvalue weighted by Crippen LogP contribution is 2.30. The maximum absolute atomic E-state index is 12.8. The van der Waals surface area contributed by atoms with Crippen LogP contribution in [0.15, 0.2) is 42.6 Å². The van der Waals surface area contributed by atoms with Crippen LogP contribution in [0, 0.1) is 17.0 Å². The number of hydrogen-bond acceptors (Lipinski definition) is 7. The Morgan fingerprint density at radius 3 is 2.56 bits per heavy atom. The maximum atomic E-state index is 12.8. The summed E-state index contributed by atoms with van der Waals surface area (Å²) in [5.74, 6) is 0.0359. The molecule has 0 atom stereocenters. The number of alkyl halides is 3. The van der Waals surface area contributed by atoms with E-state index in [1.807, 2.05) is 4.90 Å². The number of nitrogens with one attached hydrogen (secondary N) is 1. The molecule has 3 heterocycles. The van der Waals surface area contributed by atoms with Crippen molar-refractivity contribution in [1.29, 1.82) is 0 Å². The highest BCUT2D eigenvalue weighted by Gasteiger charge is 2.31. The molecule has 178 valence electrons. The van der Waals surface area contributed by atoms with Crippen LogP contribution in [0.4, 0.5) is 24.7 Å². The predicted octanol–water partition coefficient (Wildman–Crippen LogP) is 3.30. The molecule has 1 fully saturated rings. The third-order valence-electron chi connectivity index (χ3n) is 5.62. The number of amides is 1. The average molecular weight is 475 g/mol. The standard InChI is InChI=1S/C21H20F3N7O3/c1-13-19(27-28-30(13)16-3-2-4-17(11-16)31(33)34)20(32)26-15-7-9-29(10-8-15)18-6-5-14(12-25-18)21(22,23)24/h2-6,11-12,15H,7-10H2,1H3,(H,26,32). The number of nitrogens with zero attached hydrogens (tertiary/aromatic N) is 6. The van der Waals surface area contributed by atoms with Crippen LogP contribution < -0.4 is 10.2 Å². The fourth-order valence-electron chi connectivity index (χ4n) is 3.77. The molecule has 2 aromatic heterocycles. The summed E-state index contributed by atoms with van der Waals surface area (Å²) in [5, 5.41) is 21.8. The number of hydrogen-bond donors (Lipinski definition) is 1. The van der Waals surface area contributed by atoms with Gasteiger partial charge in [-0.05, 0) is 38.0 Å². The van der Waals surface area contributed by atoms with Crippen LogP contribution in [-0.4, -0.2) is 49.9 Å². The minimum atomic E-state index is -4.43. The van der Waals surface area contributed by atoms with Crippen LogP contribution >= 0.6 is 0 Å². The number of pyridine rings is 1. The summed E-state index contributed by atoms with van der Waals surface area (Å²) >= 11 is 0. The first kappa shape index (κ1) is 23.1. The number of benzene rings is 1. The number of rotatable bonds is 5. The van der Waals surface area contributed by atoms with Crippen molar-refractivity contribution in [2.75, 3.05) is 18.0 Å². The molecule has 1 aromatic carbocycles. The summed E-state index contributed by atoms with van der Waals surface area (Å²) in [6.45, 7) is 2.68. The topological polar surface area (TPSA) is 119 Å². The van der Waals surface area contributed by atoms with Crippen molar-refractivity contribution in [3.05, 3.63) is 69.7 Å². The van der Waals surface area contributed by atoms with Gasteiger partial charge in [-0.1, -0.05) is 11.3 Å². The number of carbonyl (C=O) groups excluding carboxylic acids is 1. The third-order valence-corrected chi connectivity index (χ3v) is 5.62. The number of nitro benzene ring substituents is 1. The van der Waals surface area contributed by atoms with Gasteiger partial charge in [0.15, 0.2) is 5.69 Å². The second-order valence-electron chi connectivity index (χ2n) is 7.85. The number of halogens is 3. The monoisotopic (exact) mass is 475 g/mol. The quantitative estimate of drug-likeness (QED) is 0.444. The molecular weight excluding hydrogens is 455 g/mol. The second kappa shape index (κ2) is 9.08. The molecule has 10 nitrogen and oxygen atoms in total. The molecule has 3 aromatic rings. The van der Waals surface area contributed by atoms with E-state index in [9.17, 15) is 28.1 Å². The van der Waals surface area contributed by atoms with Gasteiger partial charge in [-0.15, -0.1) is 5.10 Å². The van der Waals surface area contributed by atoms with Crippen molar-refractivity contribution in [3.63, 3.8) is 0 Å². The number of anilines is 1. The molecule has 0 saturated carbocycles. The Bertz CT molecular complexity index is 1200. The molecule has 1 aliphatic heterocycles. The van der Waals surface area contributed by atoms with Crippen LogP contribution in [0.5, 0.6) is 0 Å². The lowest BCUT2D eigenvalue weighted by Crippen LogP contribution is -2.45. The lowest BCUT2D eigenvalue weighted by atomic mass is 10.0. The number of non-ortho nitro benzene ring substituents is 1. The van der Waals surface area contributed by atoms with Gasteiger partial charge in [0.2, 0.25) is 0 Å². The Kier molecular flexibility index (Phi) is 6.18. The molecular formula is C21H20F3N7O3. The number of nitro groups is 1. The summed E-state index contributed by atoms with van der Waals surface area (Å²) in [6, 6.07) is 8.04. The van der Waals surface area contributed by atoms with Crippen LogP contribution in [0.25, 0.3) is 5.69 Å². The Labute approximate surface area is 191 Å². The largest absolute Gasteiger partial charge is 0.417 e. The first-order valence-corrected chi connectivity index (χ1v) is 10.4. The van der Waals surface area contributed by atoms with Gasteiger partial charge in [0.1, 0.15) is 5.82 Å². The van der Waals surface area contributed by atoms with Crippen LogP contribution in [0.2, 0.25) is 0 Å². The van der Waals surface area contributed by atoms with E-state index in [-0.39, 0.29) is 17.4 Å². The lowest BCUT2D eigenvalue weighted by Gasteiger charge is -2.33. The minimum Gasteiger partial charge on any atom is -0.356 e. The molecule has 13 heteroatoms. The summed E-state index contributed by atoms with van der Waals surface area (Å²) in [6.07, 6.45) is -2.46. The summed E-state index contributed by atoms with van der Waals surface area (Å²) in [5.41, 5.74) is 0.0537. The highest BCUT2D eigenvalue weighted by molar-refractivity contribution is 5.93. The zero-order chi connectivity index (χ0) is 24.5. The highest BCUT2D eigenvalue weighted by atomic mass is 19.4. The van der Waals surface area contributed by atoms with Crippen molar-refractivity contribution < 1.29 is 22.9 Å². The van der Waals surface area contributed by atoms with Crippen molar-refractivity contribution in [2.24, 2.45) is 0 Å². The van der Waals surface area contributed by atoms with Crippen LogP contribution in [0.3, 0.4) is 0 Å². The fourth-order valence-corrected chi connectivity index (χ4v) is 3.77. The summed E-state index contributed by atoms with van der Waals surface area (Å²) < 4.78 is 39.5. The zero-order valence-corrected chi connectivity index (χ0v) is 18.0. The lowest BCUT2D eigenvalue weighted by molar-refractivity contribution is -0.384. The van der Waals surface area contributed by atoms with E-state index in [4.69, 9.17) is 0 Å². The second-order valence-corrected chi connectivity index (χ2v) is 7.85. The predicted molar refractivity (Wildman–Crippen MR) is 115 cm³/mol. The SMILES string of the molecule is Cc1c(C(=O)NC2CCN(c3ccc(C(F)(F)F)cn3)CC2)nnn1-c1cccc([N+](=O)[O-])c1. The Morgan fingerprint density at radius 1 is 1.21 bits per heavy atom. The van der Waals surface area contributed by atoms with Crippen molar-refractivity contribution >= 4 is 17.4 Å². The molecule has 1 aliphatic rings. The molecule has 1 amide bonds. The molecule has 1 saturated heterocycles. The zero-order valence-electron chi connectivity index (χ0n) is 18.0. The molecule has 0 unspecified atom stereocenters. The van der Waals surface area contributed by atoms with E-state index in [1.54, 1.807) is 13.0 Å². The molecule has 0 aliphatic carbocycles. The van der Waals surface area contributed by atoms with Crippen molar-refractivity contribution in [3.8, 4) is 5.69 Å². The van der Waals surface area contributed by atoms with Gasteiger partial charge in [-0.25, -0.2) is 9.67 Å². The van der Waals surface area contributed by atoms with Gasteiger partial charge < -0.3 is 10.2 Å². The Balaban J connectivity index is 1.37. The van der Waals surface area contributed by atoms with Crippen molar-refractivity contribution in [1.82, 2.24) is 25.3 Å². The Morgan fingerprint density at radius 2 is 1.94 bits per heavy atom. The van der Waals surface area contributed by atoms with E-state index >= 15 is 0 Å². The Hall–Kier alpha value is -4.03. The van der Waals surface area contributed by atoms with Gasteiger partial charge in [0.05, 0.1) is 21.9 Å². The molecule has 1 N–H and O–H groups in total. The van der Waals surface area contributed by atoms with Crippen molar-refractivity contribution in [2.45, 2.75) is 32.0 Å². The molecule has 0 bridgehead atoms. The first-order chi connectivity index (χ1) is 16.1. The smallest absolute Gasteiger partial charge is 0.356 e. The third kappa shape index (κ3) is 4.82. The summed E-state index contributed by atoms with van der Waals surface area (Å²) in [7, 11) is 0. The maximum Gasteiger partial charge on any atom is 0.417 e. The molecule has 0 radical (unpaired) electrons. The van der Waals surface area contributed by atoms with Crippen LogP contribution in [-0.2, 0) is 6.18 Å². The van der Waals surface area contributed by atoms with E-state index in [0.717, 1.165) is 12.3 Å². The summed E-state index contributed by atoms with van der Waals surface area (Å²) in [4.78, 5) is 29.1. The number of carbonyl (C=O) groups is 1. The number of aromatic nitrogens is 4. The van der Waals surface area contributed by atoms with E-state index in [0.29, 0.717) is 43.1 Å². The minimum absolute atomic E-state index is 0.104. The average Bonchev–Trinajstić information content (AvgIpc) is 3.20. The normalized spacial score (nSPS) is 14.8. The first-order valence-electron chi connectivity index (χ1n) is 10.4. The van der Waals surface area contributed by atoms with Gasteiger partial charge in [0, 0.05) is 37.5 Å². The number of piperidine rings is 1. The van der Waals surface area contributed by atoms with Gasteiger partial charge >= 0.3 is 6.18 Å². The fraction of sp³-hybridized carbons (Fsp3) is 0.333. The van der Waals surface area contributed by atoms with Crippen LogP contribution in [0.1, 0.15) is 34.6 Å². The molecule has 4 rings (SSSR count). The van der Waals surface area contributed by atoms with E-state index in [1.165, 1.54) is 28.9 Å². The van der Waals surface area contributed by atoms with E-state index in [2.05, 4.69) is 20.6 Å². The molecule has 34 heavy (non-hydrogen) atoms. The van der Waals surface area contributed by atoms with Gasteiger partial charge in [-0.3, -0.25) is 14.9 Å². The van der Waals surface area contributed by atoms with Gasteiger partial charge in [0.25, 0.3) is 11.6 Å².